The Morgan fingerprint density at radius 2 is 1.67 bits per heavy atom. The highest BCUT2D eigenvalue weighted by atomic mass is 19.1. The fourth-order valence-electron chi connectivity index (χ4n) is 2.37. The maximum atomic E-state index is 13.8. The molecule has 21 heavy (non-hydrogen) atoms. The van der Waals surface area contributed by atoms with E-state index in [1.807, 2.05) is 6.92 Å². The quantitative estimate of drug-likeness (QED) is 0.866. The summed E-state index contributed by atoms with van der Waals surface area (Å²) in [4.78, 5) is 0. The van der Waals surface area contributed by atoms with Crippen molar-refractivity contribution >= 4 is 0 Å². The van der Waals surface area contributed by atoms with E-state index in [2.05, 4.69) is 5.32 Å². The zero-order chi connectivity index (χ0) is 15.4. The van der Waals surface area contributed by atoms with Gasteiger partial charge >= 0.3 is 0 Å². The minimum absolute atomic E-state index is 0.0467. The topological polar surface area (TPSA) is 12.0 Å². The van der Waals surface area contributed by atoms with Crippen LogP contribution in [0.4, 0.5) is 13.2 Å². The molecule has 0 heterocycles. The van der Waals surface area contributed by atoms with Crippen molar-refractivity contribution in [2.45, 2.75) is 26.3 Å². The Morgan fingerprint density at radius 1 is 1.00 bits per heavy atom. The van der Waals surface area contributed by atoms with E-state index in [4.69, 9.17) is 0 Å². The van der Waals surface area contributed by atoms with E-state index in [0.29, 0.717) is 12.1 Å². The largest absolute Gasteiger partial charge is 0.310 e. The first-order chi connectivity index (χ1) is 10.0. The zero-order valence-corrected chi connectivity index (χ0v) is 12.1. The average molecular weight is 293 g/mol. The number of aryl methyl sites for hydroxylation is 1. The van der Waals surface area contributed by atoms with Crippen LogP contribution in [0.5, 0.6) is 0 Å². The molecule has 1 N–H and O–H groups in total. The molecular weight excluding hydrogens is 275 g/mol. The summed E-state index contributed by atoms with van der Waals surface area (Å²) in [6.45, 7) is 4.24. The summed E-state index contributed by atoms with van der Waals surface area (Å²) in [6.07, 6.45) is 0.178. The lowest BCUT2D eigenvalue weighted by atomic mass is 9.96. The number of likely N-dealkylation sites (N-methyl/N-ethyl adjacent to an activating group) is 1. The van der Waals surface area contributed by atoms with Crippen molar-refractivity contribution in [2.75, 3.05) is 6.54 Å². The van der Waals surface area contributed by atoms with Crippen LogP contribution < -0.4 is 5.32 Å². The molecule has 2 aromatic carbocycles. The van der Waals surface area contributed by atoms with E-state index >= 15 is 0 Å². The molecule has 0 amide bonds. The Labute approximate surface area is 122 Å². The summed E-state index contributed by atoms with van der Waals surface area (Å²) in [6, 6.07) is 8.32. The third-order valence-electron chi connectivity index (χ3n) is 3.50. The second-order valence-electron chi connectivity index (χ2n) is 5.02. The van der Waals surface area contributed by atoms with Crippen molar-refractivity contribution in [1.82, 2.24) is 5.32 Å². The first-order valence-corrected chi connectivity index (χ1v) is 6.95. The van der Waals surface area contributed by atoms with Crippen molar-refractivity contribution in [3.05, 3.63) is 70.5 Å². The van der Waals surface area contributed by atoms with Gasteiger partial charge in [0.2, 0.25) is 0 Å². The maximum Gasteiger partial charge on any atom is 0.129 e. The van der Waals surface area contributed by atoms with Gasteiger partial charge in [-0.05, 0) is 49.2 Å². The van der Waals surface area contributed by atoms with Gasteiger partial charge in [-0.3, -0.25) is 0 Å². The summed E-state index contributed by atoms with van der Waals surface area (Å²) in [5.74, 6) is -1.40. The molecule has 0 aliphatic rings. The van der Waals surface area contributed by atoms with Crippen LogP contribution in [0.3, 0.4) is 0 Å². The summed E-state index contributed by atoms with van der Waals surface area (Å²) in [5.41, 5.74) is 1.38. The van der Waals surface area contributed by atoms with Gasteiger partial charge < -0.3 is 5.32 Å². The van der Waals surface area contributed by atoms with E-state index in [0.717, 1.165) is 5.56 Å². The van der Waals surface area contributed by atoms with Crippen molar-refractivity contribution in [3.8, 4) is 0 Å². The number of halogens is 3. The van der Waals surface area contributed by atoms with Crippen molar-refractivity contribution < 1.29 is 13.2 Å². The molecule has 0 fully saturated rings. The van der Waals surface area contributed by atoms with Crippen LogP contribution in [0.2, 0.25) is 0 Å². The third-order valence-corrected chi connectivity index (χ3v) is 3.50. The molecule has 1 nitrogen and oxygen atoms in total. The standard InChI is InChI=1S/C17H18F3N/c1-3-21-17(12-7-8-14(18)11(2)9-12)10-13-15(19)5-4-6-16(13)20/h4-9,17,21H,3,10H2,1-2H3. The lowest BCUT2D eigenvalue weighted by Gasteiger charge is -2.20. The van der Waals surface area contributed by atoms with Gasteiger partial charge in [0.15, 0.2) is 0 Å². The van der Waals surface area contributed by atoms with E-state index in [1.54, 1.807) is 19.1 Å². The van der Waals surface area contributed by atoms with Gasteiger partial charge in [0.05, 0.1) is 0 Å². The first kappa shape index (κ1) is 15.6. The molecule has 0 bridgehead atoms. The molecule has 2 rings (SSSR count). The number of nitrogens with one attached hydrogen (secondary N) is 1. The zero-order valence-electron chi connectivity index (χ0n) is 12.1. The van der Waals surface area contributed by atoms with Gasteiger partial charge in [0.25, 0.3) is 0 Å². The Kier molecular flexibility index (Phi) is 5.02. The molecule has 0 saturated heterocycles. The minimum atomic E-state index is -0.559. The average Bonchev–Trinajstić information content (AvgIpc) is 2.45. The van der Waals surface area contributed by atoms with E-state index in [9.17, 15) is 13.2 Å². The van der Waals surface area contributed by atoms with Crippen LogP contribution >= 0.6 is 0 Å². The van der Waals surface area contributed by atoms with Gasteiger partial charge in [0, 0.05) is 11.6 Å². The van der Waals surface area contributed by atoms with E-state index in [-0.39, 0.29) is 23.8 Å². The second kappa shape index (κ2) is 6.76. The SMILES string of the molecule is CCNC(Cc1c(F)cccc1F)c1ccc(F)c(C)c1. The van der Waals surface area contributed by atoms with Gasteiger partial charge in [-0.25, -0.2) is 13.2 Å². The molecule has 1 unspecified atom stereocenters. The molecule has 0 saturated carbocycles. The molecule has 0 radical (unpaired) electrons. The van der Waals surface area contributed by atoms with Gasteiger partial charge in [0.1, 0.15) is 17.5 Å². The molecule has 2 aromatic rings. The van der Waals surface area contributed by atoms with Gasteiger partial charge in [-0.1, -0.05) is 25.1 Å². The lowest BCUT2D eigenvalue weighted by molar-refractivity contribution is 0.498. The van der Waals surface area contributed by atoms with Crippen LogP contribution in [0.15, 0.2) is 36.4 Å². The van der Waals surface area contributed by atoms with Crippen LogP contribution in [0, 0.1) is 24.4 Å². The fourth-order valence-corrected chi connectivity index (χ4v) is 2.37. The minimum Gasteiger partial charge on any atom is -0.310 e. The molecule has 1 atom stereocenters. The number of rotatable bonds is 5. The smallest absolute Gasteiger partial charge is 0.129 e. The monoisotopic (exact) mass is 293 g/mol. The molecule has 112 valence electrons. The summed E-state index contributed by atoms with van der Waals surface area (Å²) in [7, 11) is 0. The number of hydrogen-bond donors (Lipinski definition) is 1. The third kappa shape index (κ3) is 3.64. The van der Waals surface area contributed by atoms with E-state index < -0.39 is 11.6 Å². The molecule has 0 aliphatic carbocycles. The van der Waals surface area contributed by atoms with Crippen LogP contribution in [0.25, 0.3) is 0 Å². The molecular formula is C17H18F3N. The number of benzene rings is 2. The lowest BCUT2D eigenvalue weighted by Crippen LogP contribution is -2.24. The fraction of sp³-hybridized carbons (Fsp3) is 0.294. The second-order valence-corrected chi connectivity index (χ2v) is 5.02. The Hall–Kier alpha value is -1.81. The van der Waals surface area contributed by atoms with Crippen LogP contribution in [-0.2, 0) is 6.42 Å². The van der Waals surface area contributed by atoms with Crippen molar-refractivity contribution in [2.24, 2.45) is 0 Å². The summed E-state index contributed by atoms with van der Waals surface area (Å²) in [5, 5.41) is 3.19. The highest BCUT2D eigenvalue weighted by Crippen LogP contribution is 2.23. The highest BCUT2D eigenvalue weighted by Gasteiger charge is 2.17. The number of hydrogen-bond acceptors (Lipinski definition) is 1. The first-order valence-electron chi connectivity index (χ1n) is 6.95. The van der Waals surface area contributed by atoms with Crippen LogP contribution in [0.1, 0.15) is 29.7 Å². The molecule has 0 aromatic heterocycles. The highest BCUT2D eigenvalue weighted by molar-refractivity contribution is 5.29. The maximum absolute atomic E-state index is 13.8. The summed E-state index contributed by atoms with van der Waals surface area (Å²) >= 11 is 0. The normalized spacial score (nSPS) is 12.4. The summed E-state index contributed by atoms with van der Waals surface area (Å²) < 4.78 is 40.9. The molecule has 0 spiro atoms. The predicted molar refractivity (Wildman–Crippen MR) is 77.6 cm³/mol. The van der Waals surface area contributed by atoms with Gasteiger partial charge in [-0.15, -0.1) is 0 Å². The van der Waals surface area contributed by atoms with Crippen LogP contribution in [-0.4, -0.2) is 6.54 Å². The van der Waals surface area contributed by atoms with Crippen molar-refractivity contribution in [1.29, 1.82) is 0 Å². The Bertz CT molecular complexity index is 605. The molecule has 0 aliphatic heterocycles. The van der Waals surface area contributed by atoms with Crippen molar-refractivity contribution in [3.63, 3.8) is 0 Å². The predicted octanol–water partition coefficient (Wildman–Crippen LogP) is 4.31. The molecule has 4 heteroatoms. The van der Waals surface area contributed by atoms with E-state index in [1.165, 1.54) is 24.3 Å². The van der Waals surface area contributed by atoms with Gasteiger partial charge in [-0.2, -0.15) is 0 Å². The Morgan fingerprint density at radius 3 is 2.24 bits per heavy atom. The Balaban J connectivity index is 2.33.